The van der Waals surface area contributed by atoms with Crippen molar-refractivity contribution in [2.45, 2.75) is 0 Å². The van der Waals surface area contributed by atoms with Gasteiger partial charge in [0.1, 0.15) is 5.58 Å². The lowest BCUT2D eigenvalue weighted by Crippen LogP contribution is -1.84. The van der Waals surface area contributed by atoms with Crippen LogP contribution in [-0.2, 0) is 0 Å². The van der Waals surface area contributed by atoms with Crippen LogP contribution >= 0.6 is 15.9 Å². The molecule has 0 aliphatic carbocycles. The first-order valence-electron chi connectivity index (χ1n) is 3.19. The molecule has 0 atom stereocenters. The molecule has 0 aliphatic rings. The van der Waals surface area contributed by atoms with E-state index >= 15 is 0 Å². The molecule has 0 aliphatic heterocycles. The number of fused-ring (bicyclic) bond motifs is 1. The third-order valence-electron chi connectivity index (χ3n) is 1.57. The number of rotatable bonds is 0. The van der Waals surface area contributed by atoms with Crippen molar-refractivity contribution in [2.24, 2.45) is 0 Å². The monoisotopic (exact) mass is 211 g/mol. The van der Waals surface area contributed by atoms with E-state index < -0.39 is 0 Å². The average molecular weight is 212 g/mol. The van der Waals surface area contributed by atoms with Crippen LogP contribution in [-0.4, -0.2) is 0 Å². The lowest BCUT2D eigenvalue weighted by molar-refractivity contribution is 0.615. The van der Waals surface area contributed by atoms with Crippen LogP contribution in [0.3, 0.4) is 0 Å². The molecule has 0 fully saturated rings. The standard InChI is InChI=1S/C8H6BrNO/c9-6-4-8-5(1-2-11-8)3-7(6)10/h1-4H,10H2. The lowest BCUT2D eigenvalue weighted by atomic mass is 10.2. The van der Waals surface area contributed by atoms with E-state index in [4.69, 9.17) is 10.2 Å². The largest absolute Gasteiger partial charge is 0.464 e. The summed E-state index contributed by atoms with van der Waals surface area (Å²) in [7, 11) is 0. The summed E-state index contributed by atoms with van der Waals surface area (Å²) >= 11 is 3.32. The van der Waals surface area contributed by atoms with Gasteiger partial charge in [-0.3, -0.25) is 0 Å². The minimum Gasteiger partial charge on any atom is -0.464 e. The van der Waals surface area contributed by atoms with Crippen molar-refractivity contribution in [1.29, 1.82) is 0 Å². The van der Waals surface area contributed by atoms with Gasteiger partial charge in [0, 0.05) is 15.5 Å². The van der Waals surface area contributed by atoms with Crippen molar-refractivity contribution in [3.8, 4) is 0 Å². The highest BCUT2D eigenvalue weighted by Crippen LogP contribution is 2.26. The van der Waals surface area contributed by atoms with E-state index in [1.807, 2.05) is 18.2 Å². The van der Waals surface area contributed by atoms with Crippen molar-refractivity contribution in [1.82, 2.24) is 0 Å². The van der Waals surface area contributed by atoms with E-state index in [9.17, 15) is 0 Å². The van der Waals surface area contributed by atoms with Gasteiger partial charge in [-0.15, -0.1) is 0 Å². The second kappa shape index (κ2) is 2.27. The summed E-state index contributed by atoms with van der Waals surface area (Å²) in [5.74, 6) is 0. The number of halogens is 1. The van der Waals surface area contributed by atoms with Crippen LogP contribution in [0.1, 0.15) is 0 Å². The Bertz CT molecular complexity index is 358. The Morgan fingerprint density at radius 3 is 3.00 bits per heavy atom. The van der Waals surface area contributed by atoms with E-state index in [1.54, 1.807) is 6.26 Å². The molecule has 2 N–H and O–H groups in total. The minimum absolute atomic E-state index is 0.735. The molecule has 1 aromatic carbocycles. The summed E-state index contributed by atoms with van der Waals surface area (Å²) in [6, 6.07) is 5.63. The van der Waals surface area contributed by atoms with Gasteiger partial charge in [0.2, 0.25) is 0 Å². The SMILES string of the molecule is Nc1cc2ccoc2cc1Br. The first-order chi connectivity index (χ1) is 5.27. The molecule has 1 heterocycles. The molecule has 0 amide bonds. The maximum atomic E-state index is 5.66. The van der Waals surface area contributed by atoms with Crippen LogP contribution in [0.25, 0.3) is 11.0 Å². The van der Waals surface area contributed by atoms with Gasteiger partial charge in [-0.2, -0.15) is 0 Å². The van der Waals surface area contributed by atoms with E-state index in [-0.39, 0.29) is 0 Å². The summed E-state index contributed by atoms with van der Waals surface area (Å²) in [5, 5.41) is 1.03. The van der Waals surface area contributed by atoms with Gasteiger partial charge in [-0.05, 0) is 34.1 Å². The Balaban J connectivity index is 2.86. The van der Waals surface area contributed by atoms with E-state index in [0.29, 0.717) is 0 Å². The molecule has 1 aromatic heterocycles. The summed E-state index contributed by atoms with van der Waals surface area (Å²) < 4.78 is 6.04. The van der Waals surface area contributed by atoms with E-state index in [1.165, 1.54) is 0 Å². The van der Waals surface area contributed by atoms with Gasteiger partial charge < -0.3 is 10.2 Å². The molecule has 0 saturated heterocycles. The van der Waals surface area contributed by atoms with Crippen molar-refractivity contribution < 1.29 is 4.42 Å². The highest BCUT2D eigenvalue weighted by molar-refractivity contribution is 9.10. The van der Waals surface area contributed by atoms with Gasteiger partial charge in [0.05, 0.1) is 6.26 Å². The highest BCUT2D eigenvalue weighted by atomic mass is 79.9. The number of hydrogen-bond donors (Lipinski definition) is 1. The predicted molar refractivity (Wildman–Crippen MR) is 48.3 cm³/mol. The third kappa shape index (κ3) is 1.01. The number of furan rings is 1. The van der Waals surface area contributed by atoms with Crippen molar-refractivity contribution >= 4 is 32.6 Å². The van der Waals surface area contributed by atoms with Crippen LogP contribution in [0.4, 0.5) is 5.69 Å². The zero-order chi connectivity index (χ0) is 7.84. The van der Waals surface area contributed by atoms with Crippen LogP contribution in [0.2, 0.25) is 0 Å². The quantitative estimate of drug-likeness (QED) is 0.682. The van der Waals surface area contributed by atoms with E-state index in [2.05, 4.69) is 15.9 Å². The maximum Gasteiger partial charge on any atom is 0.135 e. The van der Waals surface area contributed by atoms with Crippen molar-refractivity contribution in [3.05, 3.63) is 28.9 Å². The molecule has 11 heavy (non-hydrogen) atoms. The zero-order valence-corrected chi connectivity index (χ0v) is 7.26. The van der Waals surface area contributed by atoms with Crippen molar-refractivity contribution in [2.75, 3.05) is 5.73 Å². The van der Waals surface area contributed by atoms with Gasteiger partial charge in [-0.1, -0.05) is 0 Å². The number of anilines is 1. The fourth-order valence-electron chi connectivity index (χ4n) is 1.00. The molecular weight excluding hydrogens is 206 g/mol. The second-order valence-electron chi connectivity index (χ2n) is 2.33. The molecule has 2 nitrogen and oxygen atoms in total. The first-order valence-corrected chi connectivity index (χ1v) is 3.99. The van der Waals surface area contributed by atoms with Crippen LogP contribution in [0.5, 0.6) is 0 Å². The molecule has 0 unspecified atom stereocenters. The Hall–Kier alpha value is -0.960. The average Bonchev–Trinajstić information content (AvgIpc) is 2.36. The molecule has 0 spiro atoms. The highest BCUT2D eigenvalue weighted by Gasteiger charge is 2.00. The summed E-state index contributed by atoms with van der Waals surface area (Å²) in [4.78, 5) is 0. The lowest BCUT2D eigenvalue weighted by Gasteiger charge is -1.95. The Morgan fingerprint density at radius 1 is 1.36 bits per heavy atom. The molecule has 2 rings (SSSR count). The third-order valence-corrected chi connectivity index (χ3v) is 2.26. The number of nitrogen functional groups attached to an aromatic ring is 1. The molecular formula is C8H6BrNO. The zero-order valence-electron chi connectivity index (χ0n) is 5.67. The molecule has 2 aromatic rings. The fourth-order valence-corrected chi connectivity index (χ4v) is 1.32. The molecule has 3 heteroatoms. The van der Waals surface area contributed by atoms with Gasteiger partial charge in [0.25, 0.3) is 0 Å². The predicted octanol–water partition coefficient (Wildman–Crippen LogP) is 2.78. The first kappa shape index (κ1) is 6.73. The molecule has 0 bridgehead atoms. The maximum absolute atomic E-state index is 5.66. The Kier molecular flexibility index (Phi) is 1.39. The fraction of sp³-hybridized carbons (Fsp3) is 0. The molecule has 0 radical (unpaired) electrons. The number of benzene rings is 1. The molecule has 0 saturated carbocycles. The normalized spacial score (nSPS) is 10.6. The number of nitrogens with two attached hydrogens (primary N) is 1. The number of hydrogen-bond acceptors (Lipinski definition) is 2. The Morgan fingerprint density at radius 2 is 2.18 bits per heavy atom. The second-order valence-corrected chi connectivity index (χ2v) is 3.19. The van der Waals surface area contributed by atoms with Crippen molar-refractivity contribution in [3.63, 3.8) is 0 Å². The molecule has 56 valence electrons. The van der Waals surface area contributed by atoms with Crippen LogP contribution < -0.4 is 5.73 Å². The van der Waals surface area contributed by atoms with Gasteiger partial charge in [-0.25, -0.2) is 0 Å². The topological polar surface area (TPSA) is 39.2 Å². The van der Waals surface area contributed by atoms with Gasteiger partial charge in [0.15, 0.2) is 0 Å². The summed E-state index contributed by atoms with van der Waals surface area (Å²) in [6.07, 6.45) is 1.65. The van der Waals surface area contributed by atoms with E-state index in [0.717, 1.165) is 21.1 Å². The summed E-state index contributed by atoms with van der Waals surface area (Å²) in [6.45, 7) is 0. The van der Waals surface area contributed by atoms with Crippen LogP contribution in [0.15, 0.2) is 33.4 Å². The smallest absolute Gasteiger partial charge is 0.135 e. The summed E-state index contributed by atoms with van der Waals surface area (Å²) in [5.41, 5.74) is 7.24. The Labute approximate surface area is 72.1 Å². The van der Waals surface area contributed by atoms with Gasteiger partial charge >= 0.3 is 0 Å². The minimum atomic E-state index is 0.735. The van der Waals surface area contributed by atoms with Crippen LogP contribution in [0, 0.1) is 0 Å².